The maximum atomic E-state index is 12.9. The fourth-order valence-corrected chi connectivity index (χ4v) is 6.99. The second kappa shape index (κ2) is 8.42. The molecule has 4 aromatic rings. The average Bonchev–Trinajstić information content (AvgIpc) is 3.47. The highest BCUT2D eigenvalue weighted by Crippen LogP contribution is 2.37. The second-order valence-electron chi connectivity index (χ2n) is 7.16. The third kappa shape index (κ3) is 4.04. The van der Waals surface area contributed by atoms with E-state index in [1.54, 1.807) is 34.4 Å². The van der Waals surface area contributed by atoms with Crippen molar-refractivity contribution in [1.29, 1.82) is 0 Å². The minimum absolute atomic E-state index is 0.150. The third-order valence-electron chi connectivity index (χ3n) is 5.20. The van der Waals surface area contributed by atoms with Crippen LogP contribution < -0.4 is 0 Å². The van der Waals surface area contributed by atoms with Gasteiger partial charge in [-0.25, -0.2) is 9.97 Å². The molecule has 0 spiro atoms. The van der Waals surface area contributed by atoms with Crippen LogP contribution in [0.15, 0.2) is 52.9 Å². The number of carbonyl (C=O) groups is 1. The van der Waals surface area contributed by atoms with E-state index in [4.69, 9.17) is 4.98 Å². The van der Waals surface area contributed by atoms with E-state index in [1.807, 2.05) is 24.3 Å². The third-order valence-corrected chi connectivity index (χ3v) is 8.61. The molecule has 1 saturated heterocycles. The number of aromatic nitrogens is 2. The monoisotopic (exact) mass is 439 g/mol. The second-order valence-corrected chi connectivity index (χ2v) is 10.6. The predicted molar refractivity (Wildman–Crippen MR) is 123 cm³/mol. The van der Waals surface area contributed by atoms with Gasteiger partial charge in [-0.05, 0) is 43.5 Å². The van der Waals surface area contributed by atoms with Gasteiger partial charge >= 0.3 is 0 Å². The molecule has 0 aliphatic carbocycles. The summed E-state index contributed by atoms with van der Waals surface area (Å²) in [6.45, 7) is 0.852. The SMILES string of the molecule is O=C(CCCSc1nc2ccccc2s1)N1CCCC1c1nc2ccccc2s1. The van der Waals surface area contributed by atoms with Crippen molar-refractivity contribution in [2.75, 3.05) is 12.3 Å². The smallest absolute Gasteiger partial charge is 0.223 e. The molecule has 4 nitrogen and oxygen atoms in total. The summed E-state index contributed by atoms with van der Waals surface area (Å²) in [5.41, 5.74) is 2.10. The zero-order valence-electron chi connectivity index (χ0n) is 15.9. The fraction of sp³-hybridized carbons (Fsp3) is 0.318. The van der Waals surface area contributed by atoms with Crippen LogP contribution in [0.4, 0.5) is 0 Å². The van der Waals surface area contributed by atoms with Crippen molar-refractivity contribution >= 4 is 60.8 Å². The number of hydrogen-bond acceptors (Lipinski definition) is 6. The Kier molecular flexibility index (Phi) is 5.52. The molecule has 1 fully saturated rings. The number of amides is 1. The first kappa shape index (κ1) is 19.0. The largest absolute Gasteiger partial charge is 0.333 e. The molecule has 0 bridgehead atoms. The number of hydrogen-bond donors (Lipinski definition) is 0. The van der Waals surface area contributed by atoms with E-state index in [0.29, 0.717) is 6.42 Å². The first-order valence-electron chi connectivity index (χ1n) is 9.91. The Labute approximate surface area is 182 Å². The van der Waals surface area contributed by atoms with Crippen molar-refractivity contribution in [3.05, 3.63) is 53.5 Å². The van der Waals surface area contributed by atoms with E-state index in [-0.39, 0.29) is 11.9 Å². The van der Waals surface area contributed by atoms with E-state index < -0.39 is 0 Å². The summed E-state index contributed by atoms with van der Waals surface area (Å²) in [7, 11) is 0. The van der Waals surface area contributed by atoms with Crippen molar-refractivity contribution in [2.24, 2.45) is 0 Å². The Morgan fingerprint density at radius 2 is 1.76 bits per heavy atom. The summed E-state index contributed by atoms with van der Waals surface area (Å²) in [6, 6.07) is 16.6. The lowest BCUT2D eigenvalue weighted by Gasteiger charge is -2.23. The molecule has 3 heterocycles. The normalized spacial score (nSPS) is 16.8. The molecule has 2 aromatic carbocycles. The van der Waals surface area contributed by atoms with Gasteiger partial charge in [-0.2, -0.15) is 0 Å². The summed E-state index contributed by atoms with van der Waals surface area (Å²) in [4.78, 5) is 24.4. The highest BCUT2D eigenvalue weighted by molar-refractivity contribution is 8.01. The number of rotatable bonds is 6. The molecule has 5 rings (SSSR count). The van der Waals surface area contributed by atoms with Crippen LogP contribution in [-0.2, 0) is 4.79 Å². The molecule has 29 heavy (non-hydrogen) atoms. The lowest BCUT2D eigenvalue weighted by Crippen LogP contribution is -2.30. The number of nitrogens with zero attached hydrogens (tertiary/aromatic N) is 3. The van der Waals surface area contributed by atoms with Crippen molar-refractivity contribution in [2.45, 2.75) is 36.1 Å². The standard InChI is InChI=1S/C22H21N3OS3/c26-20(12-6-14-27-22-24-16-8-2-4-11-19(16)29-22)25-13-5-9-17(25)21-23-15-7-1-3-10-18(15)28-21/h1-4,7-8,10-11,17H,5-6,9,12-14H2. The highest BCUT2D eigenvalue weighted by Gasteiger charge is 2.31. The van der Waals surface area contributed by atoms with Gasteiger partial charge in [-0.1, -0.05) is 36.0 Å². The molecule has 0 radical (unpaired) electrons. The number of para-hydroxylation sites is 2. The van der Waals surface area contributed by atoms with Gasteiger partial charge in [-0.3, -0.25) is 4.79 Å². The molecule has 148 valence electrons. The van der Waals surface area contributed by atoms with Gasteiger partial charge in [0.25, 0.3) is 0 Å². The summed E-state index contributed by atoms with van der Waals surface area (Å²) >= 11 is 5.22. The molecule has 1 unspecified atom stereocenters. The van der Waals surface area contributed by atoms with Gasteiger partial charge in [-0.15, -0.1) is 22.7 Å². The zero-order chi connectivity index (χ0) is 19.6. The first-order valence-corrected chi connectivity index (χ1v) is 12.5. The molecule has 2 aromatic heterocycles. The average molecular weight is 440 g/mol. The van der Waals surface area contributed by atoms with Gasteiger partial charge in [0.15, 0.2) is 4.34 Å². The summed E-state index contributed by atoms with van der Waals surface area (Å²) in [5, 5.41) is 1.08. The quantitative estimate of drug-likeness (QED) is 0.267. The van der Waals surface area contributed by atoms with Gasteiger partial charge in [0.05, 0.1) is 26.5 Å². The van der Waals surface area contributed by atoms with E-state index in [0.717, 1.165) is 51.9 Å². The van der Waals surface area contributed by atoms with Crippen LogP contribution in [0.2, 0.25) is 0 Å². The van der Waals surface area contributed by atoms with Crippen molar-refractivity contribution < 1.29 is 4.79 Å². The highest BCUT2D eigenvalue weighted by atomic mass is 32.2. The fourth-order valence-electron chi connectivity index (χ4n) is 3.79. The number of benzene rings is 2. The first-order chi connectivity index (χ1) is 14.3. The number of carbonyl (C=O) groups excluding carboxylic acids is 1. The molecule has 1 aliphatic rings. The van der Waals surface area contributed by atoms with Crippen LogP contribution in [0, 0.1) is 0 Å². The predicted octanol–water partition coefficient (Wildman–Crippen LogP) is 6.14. The molecule has 7 heteroatoms. The van der Waals surface area contributed by atoms with Crippen LogP contribution in [0.1, 0.15) is 36.7 Å². The lowest BCUT2D eigenvalue weighted by molar-refractivity contribution is -0.132. The van der Waals surface area contributed by atoms with E-state index in [9.17, 15) is 4.79 Å². The number of fused-ring (bicyclic) bond motifs is 2. The molecule has 1 amide bonds. The Morgan fingerprint density at radius 1 is 1.03 bits per heavy atom. The van der Waals surface area contributed by atoms with Crippen LogP contribution in [-0.4, -0.2) is 33.1 Å². The van der Waals surface area contributed by atoms with Crippen LogP contribution in [0.3, 0.4) is 0 Å². The van der Waals surface area contributed by atoms with Crippen LogP contribution >= 0.6 is 34.4 Å². The Morgan fingerprint density at radius 3 is 2.52 bits per heavy atom. The zero-order valence-corrected chi connectivity index (χ0v) is 18.4. The molecule has 0 saturated carbocycles. The van der Waals surface area contributed by atoms with Crippen molar-refractivity contribution in [3.63, 3.8) is 0 Å². The van der Waals surface area contributed by atoms with Gasteiger partial charge in [0.1, 0.15) is 5.01 Å². The maximum Gasteiger partial charge on any atom is 0.223 e. The Balaban J connectivity index is 1.17. The number of thioether (sulfide) groups is 1. The van der Waals surface area contributed by atoms with Crippen LogP contribution in [0.25, 0.3) is 20.4 Å². The molecular weight excluding hydrogens is 418 g/mol. The summed E-state index contributed by atoms with van der Waals surface area (Å²) in [5.74, 6) is 1.18. The maximum absolute atomic E-state index is 12.9. The summed E-state index contributed by atoms with van der Waals surface area (Å²) < 4.78 is 3.52. The van der Waals surface area contributed by atoms with E-state index in [2.05, 4.69) is 34.1 Å². The van der Waals surface area contributed by atoms with Gasteiger partial charge < -0.3 is 4.90 Å². The molecule has 1 aliphatic heterocycles. The lowest BCUT2D eigenvalue weighted by atomic mass is 10.2. The molecule has 0 N–H and O–H groups in total. The van der Waals surface area contributed by atoms with Crippen LogP contribution in [0.5, 0.6) is 0 Å². The molecular formula is C22H21N3OS3. The van der Waals surface area contributed by atoms with Crippen molar-refractivity contribution in [3.8, 4) is 0 Å². The topological polar surface area (TPSA) is 46.1 Å². The van der Waals surface area contributed by atoms with E-state index >= 15 is 0 Å². The van der Waals surface area contributed by atoms with Gasteiger partial charge in [0.2, 0.25) is 5.91 Å². The Hall–Kier alpha value is -1.96. The minimum atomic E-state index is 0.150. The number of likely N-dealkylation sites (tertiary alicyclic amines) is 1. The van der Waals surface area contributed by atoms with Gasteiger partial charge in [0, 0.05) is 18.7 Å². The minimum Gasteiger partial charge on any atom is -0.333 e. The van der Waals surface area contributed by atoms with E-state index in [1.165, 1.54) is 9.40 Å². The Bertz CT molecular complexity index is 1090. The number of thiazole rings is 2. The van der Waals surface area contributed by atoms with Crippen molar-refractivity contribution in [1.82, 2.24) is 14.9 Å². The summed E-state index contributed by atoms with van der Waals surface area (Å²) in [6.07, 6.45) is 3.56. The molecule has 1 atom stereocenters.